The minimum absolute atomic E-state index is 0.00352. The first-order valence-corrected chi connectivity index (χ1v) is 8.05. The van der Waals surface area contributed by atoms with Crippen LogP contribution in [0.5, 0.6) is 0 Å². The first-order chi connectivity index (χ1) is 10.7. The highest BCUT2D eigenvalue weighted by atomic mass is 16.5. The van der Waals surface area contributed by atoms with Gasteiger partial charge in [0.2, 0.25) is 5.91 Å². The number of nitrogens with one attached hydrogen (secondary N) is 1. The van der Waals surface area contributed by atoms with Crippen LogP contribution in [0.4, 0.5) is 0 Å². The molecule has 1 aliphatic rings. The molecule has 3 rings (SSSR count). The summed E-state index contributed by atoms with van der Waals surface area (Å²) in [7, 11) is 0. The molecule has 1 amide bonds. The number of para-hydroxylation sites is 2. The smallest absolute Gasteiger partial charge is 0.240 e. The lowest BCUT2D eigenvalue weighted by molar-refractivity contribution is -0.122. The highest BCUT2D eigenvalue weighted by Gasteiger charge is 2.25. The maximum Gasteiger partial charge on any atom is 0.240 e. The Hall–Kier alpha value is -1.88. The normalized spacial score (nSPS) is 19.5. The van der Waals surface area contributed by atoms with Gasteiger partial charge in [-0.05, 0) is 38.3 Å². The van der Waals surface area contributed by atoms with E-state index in [2.05, 4.69) is 12.2 Å². The van der Waals surface area contributed by atoms with E-state index in [1.165, 1.54) is 0 Å². The number of carbonyl (C=O) groups is 1. The molecule has 1 aromatic carbocycles. The van der Waals surface area contributed by atoms with Crippen molar-refractivity contribution < 1.29 is 9.53 Å². The van der Waals surface area contributed by atoms with E-state index < -0.39 is 0 Å². The van der Waals surface area contributed by atoms with Crippen molar-refractivity contribution in [2.24, 2.45) is 0 Å². The van der Waals surface area contributed by atoms with Gasteiger partial charge in [0.25, 0.3) is 0 Å². The molecule has 0 spiro atoms. The van der Waals surface area contributed by atoms with Crippen molar-refractivity contribution in [3.8, 4) is 0 Å². The molecule has 0 saturated carbocycles. The molecule has 1 saturated heterocycles. The van der Waals surface area contributed by atoms with Crippen molar-refractivity contribution in [2.75, 3.05) is 6.61 Å². The van der Waals surface area contributed by atoms with Crippen LogP contribution in [0.25, 0.3) is 11.0 Å². The lowest BCUT2D eigenvalue weighted by Gasteiger charge is -2.15. The molecular formula is C17H23N3O2. The quantitative estimate of drug-likeness (QED) is 0.924. The molecule has 22 heavy (non-hydrogen) atoms. The molecule has 2 atom stereocenters. The first-order valence-electron chi connectivity index (χ1n) is 8.05. The van der Waals surface area contributed by atoms with Crippen LogP contribution in [0.3, 0.4) is 0 Å². The van der Waals surface area contributed by atoms with Crippen LogP contribution in [0, 0.1) is 0 Å². The fourth-order valence-corrected chi connectivity index (χ4v) is 2.85. The monoisotopic (exact) mass is 301 g/mol. The second kappa shape index (κ2) is 6.48. The van der Waals surface area contributed by atoms with Gasteiger partial charge in [0.05, 0.1) is 11.0 Å². The molecule has 0 radical (unpaired) electrons. The molecule has 1 aliphatic heterocycles. The van der Waals surface area contributed by atoms with Gasteiger partial charge in [0.1, 0.15) is 18.5 Å². The molecule has 1 N–H and O–H groups in total. The number of nitrogens with zero attached hydrogens (tertiary/aromatic N) is 2. The highest BCUT2D eigenvalue weighted by Crippen LogP contribution is 2.30. The summed E-state index contributed by atoms with van der Waals surface area (Å²) in [5.74, 6) is 0.898. The predicted octanol–water partition coefficient (Wildman–Crippen LogP) is 2.80. The molecule has 2 aromatic rings. The van der Waals surface area contributed by atoms with Crippen LogP contribution in [-0.4, -0.2) is 28.1 Å². The second-order valence-corrected chi connectivity index (χ2v) is 5.92. The fourth-order valence-electron chi connectivity index (χ4n) is 2.85. The Labute approximate surface area is 130 Å². The molecule has 118 valence electrons. The number of carbonyl (C=O) groups excluding carboxylic acids is 1. The summed E-state index contributed by atoms with van der Waals surface area (Å²) in [4.78, 5) is 17.0. The lowest BCUT2D eigenvalue weighted by Crippen LogP contribution is -2.35. The molecule has 0 aliphatic carbocycles. The average Bonchev–Trinajstić information content (AvgIpc) is 3.15. The van der Waals surface area contributed by atoms with Gasteiger partial charge < -0.3 is 14.6 Å². The number of hydrogen-bond acceptors (Lipinski definition) is 3. The third-order valence-corrected chi connectivity index (χ3v) is 4.22. The zero-order valence-corrected chi connectivity index (χ0v) is 13.2. The molecule has 0 bridgehead atoms. The average molecular weight is 301 g/mol. The number of hydrogen-bond donors (Lipinski definition) is 1. The number of fused-ring (bicyclic) bond motifs is 1. The summed E-state index contributed by atoms with van der Waals surface area (Å²) < 4.78 is 7.78. The summed E-state index contributed by atoms with van der Waals surface area (Å²) in [5.41, 5.74) is 1.91. The zero-order valence-electron chi connectivity index (χ0n) is 13.2. The van der Waals surface area contributed by atoms with Crippen molar-refractivity contribution in [1.82, 2.24) is 14.9 Å². The standard InChI is InChI=1S/C17H23N3O2/c1-3-12(2)18-16(21)11-20-14-8-5-4-7-13(14)19-17(20)15-9-6-10-22-15/h4-5,7-8,12,15H,3,6,9-11H2,1-2H3,(H,18,21). The third-order valence-electron chi connectivity index (χ3n) is 4.22. The minimum Gasteiger partial charge on any atom is -0.370 e. The Morgan fingerprint density at radius 2 is 2.32 bits per heavy atom. The number of imidazole rings is 1. The number of ether oxygens (including phenoxy) is 1. The van der Waals surface area contributed by atoms with E-state index >= 15 is 0 Å². The highest BCUT2D eigenvalue weighted by molar-refractivity contribution is 5.81. The SMILES string of the molecule is CCC(C)NC(=O)Cn1c(C2CCCO2)nc2ccccc21. The van der Waals surface area contributed by atoms with Crippen molar-refractivity contribution in [1.29, 1.82) is 0 Å². The van der Waals surface area contributed by atoms with Gasteiger partial charge in [-0.3, -0.25) is 4.79 Å². The van der Waals surface area contributed by atoms with Crippen LogP contribution in [0.15, 0.2) is 24.3 Å². The minimum atomic E-state index is 0.00352. The maximum atomic E-state index is 12.3. The molecule has 1 fully saturated rings. The topological polar surface area (TPSA) is 56.2 Å². The molecule has 2 heterocycles. The Morgan fingerprint density at radius 3 is 3.05 bits per heavy atom. The van der Waals surface area contributed by atoms with Gasteiger partial charge >= 0.3 is 0 Å². The Kier molecular flexibility index (Phi) is 4.43. The van der Waals surface area contributed by atoms with Crippen LogP contribution < -0.4 is 5.32 Å². The van der Waals surface area contributed by atoms with Gasteiger partial charge in [0, 0.05) is 12.6 Å². The van der Waals surface area contributed by atoms with E-state index in [1.54, 1.807) is 0 Å². The summed E-state index contributed by atoms with van der Waals surface area (Å²) in [6.45, 7) is 5.15. The molecule has 5 nitrogen and oxygen atoms in total. The van der Waals surface area contributed by atoms with E-state index in [4.69, 9.17) is 9.72 Å². The third kappa shape index (κ3) is 2.99. The number of aromatic nitrogens is 2. The molecular weight excluding hydrogens is 278 g/mol. The molecule has 2 unspecified atom stereocenters. The van der Waals surface area contributed by atoms with Crippen molar-refractivity contribution >= 4 is 16.9 Å². The first kappa shape index (κ1) is 15.0. The van der Waals surface area contributed by atoms with Crippen LogP contribution >= 0.6 is 0 Å². The largest absolute Gasteiger partial charge is 0.370 e. The molecule has 5 heteroatoms. The van der Waals surface area contributed by atoms with Crippen molar-refractivity contribution in [3.63, 3.8) is 0 Å². The van der Waals surface area contributed by atoms with E-state index in [9.17, 15) is 4.79 Å². The fraction of sp³-hybridized carbons (Fsp3) is 0.529. The Balaban J connectivity index is 1.91. The number of benzene rings is 1. The predicted molar refractivity (Wildman–Crippen MR) is 85.6 cm³/mol. The van der Waals surface area contributed by atoms with Gasteiger partial charge in [0.15, 0.2) is 0 Å². The van der Waals surface area contributed by atoms with Crippen LogP contribution in [0.2, 0.25) is 0 Å². The van der Waals surface area contributed by atoms with Gasteiger partial charge in [-0.2, -0.15) is 0 Å². The van der Waals surface area contributed by atoms with E-state index in [1.807, 2.05) is 35.8 Å². The van der Waals surface area contributed by atoms with E-state index in [0.717, 1.165) is 42.7 Å². The van der Waals surface area contributed by atoms with Crippen LogP contribution in [0.1, 0.15) is 45.0 Å². The Bertz CT molecular complexity index is 659. The van der Waals surface area contributed by atoms with E-state index in [-0.39, 0.29) is 18.1 Å². The lowest BCUT2D eigenvalue weighted by atomic mass is 10.2. The summed E-state index contributed by atoms with van der Waals surface area (Å²) in [6, 6.07) is 8.13. The van der Waals surface area contributed by atoms with Gasteiger partial charge in [-0.1, -0.05) is 19.1 Å². The number of rotatable bonds is 5. The summed E-state index contributed by atoms with van der Waals surface area (Å²) >= 11 is 0. The summed E-state index contributed by atoms with van der Waals surface area (Å²) in [5, 5.41) is 3.02. The van der Waals surface area contributed by atoms with E-state index in [0.29, 0.717) is 6.54 Å². The van der Waals surface area contributed by atoms with Gasteiger partial charge in [-0.25, -0.2) is 4.98 Å². The molecule has 1 aromatic heterocycles. The van der Waals surface area contributed by atoms with Crippen molar-refractivity contribution in [3.05, 3.63) is 30.1 Å². The van der Waals surface area contributed by atoms with Crippen molar-refractivity contribution in [2.45, 2.75) is 51.8 Å². The zero-order chi connectivity index (χ0) is 15.5. The maximum absolute atomic E-state index is 12.3. The Morgan fingerprint density at radius 1 is 1.50 bits per heavy atom. The summed E-state index contributed by atoms with van der Waals surface area (Å²) in [6.07, 6.45) is 2.95. The van der Waals surface area contributed by atoms with Gasteiger partial charge in [-0.15, -0.1) is 0 Å². The second-order valence-electron chi connectivity index (χ2n) is 5.92. The number of amides is 1. The van der Waals surface area contributed by atoms with Crippen LogP contribution in [-0.2, 0) is 16.1 Å².